The van der Waals surface area contributed by atoms with Gasteiger partial charge in [-0.1, -0.05) is 0 Å². The lowest BCUT2D eigenvalue weighted by Crippen LogP contribution is -2.62. The van der Waals surface area contributed by atoms with Gasteiger partial charge < -0.3 is 20.1 Å². The summed E-state index contributed by atoms with van der Waals surface area (Å²) >= 11 is 0. The smallest absolute Gasteiger partial charge is 0.318 e. The van der Waals surface area contributed by atoms with Crippen LogP contribution < -0.4 is 5.32 Å². The number of morpholine rings is 1. The number of amides is 2. The molecule has 6 nitrogen and oxygen atoms in total. The summed E-state index contributed by atoms with van der Waals surface area (Å²) in [5.74, 6) is -0.940. The van der Waals surface area contributed by atoms with Gasteiger partial charge in [0.15, 0.2) is 0 Å². The molecule has 6 heteroatoms. The van der Waals surface area contributed by atoms with Crippen LogP contribution in [0.3, 0.4) is 0 Å². The van der Waals surface area contributed by atoms with Crippen molar-refractivity contribution >= 4 is 12.0 Å². The first-order valence-electron chi connectivity index (χ1n) is 6.83. The van der Waals surface area contributed by atoms with Crippen molar-refractivity contribution in [3.05, 3.63) is 0 Å². The second-order valence-corrected chi connectivity index (χ2v) is 7.02. The molecule has 1 fully saturated rings. The summed E-state index contributed by atoms with van der Waals surface area (Å²) in [5, 5.41) is 12.1. The van der Waals surface area contributed by atoms with Crippen molar-refractivity contribution in [1.29, 1.82) is 0 Å². The number of carboxylic acids is 1. The number of carbonyl (C=O) groups excluding carboxylic acids is 1. The fraction of sp³-hybridized carbons (Fsp3) is 0.857. The summed E-state index contributed by atoms with van der Waals surface area (Å²) in [6.45, 7) is 12.0. The zero-order chi connectivity index (χ0) is 15.8. The molecule has 0 spiro atoms. The van der Waals surface area contributed by atoms with Gasteiger partial charge in [0.2, 0.25) is 0 Å². The van der Waals surface area contributed by atoms with Gasteiger partial charge in [-0.2, -0.15) is 0 Å². The molecule has 116 valence electrons. The fourth-order valence-electron chi connectivity index (χ4n) is 1.96. The molecule has 1 aliphatic heterocycles. The van der Waals surface area contributed by atoms with Gasteiger partial charge >= 0.3 is 12.0 Å². The van der Waals surface area contributed by atoms with Crippen molar-refractivity contribution in [1.82, 2.24) is 10.2 Å². The highest BCUT2D eigenvalue weighted by Crippen LogP contribution is 2.31. The first-order chi connectivity index (χ1) is 8.89. The Morgan fingerprint density at radius 1 is 1.25 bits per heavy atom. The Morgan fingerprint density at radius 3 is 2.25 bits per heavy atom. The minimum Gasteiger partial charge on any atom is -0.481 e. The van der Waals surface area contributed by atoms with Crippen molar-refractivity contribution < 1.29 is 19.4 Å². The van der Waals surface area contributed by atoms with Gasteiger partial charge in [-0.3, -0.25) is 4.79 Å². The molecular formula is C14H26N2O4. The third-order valence-electron chi connectivity index (χ3n) is 4.23. The number of carboxylic acid groups (broad SMARTS) is 1. The summed E-state index contributed by atoms with van der Waals surface area (Å²) in [6, 6.07) is -0.249. The van der Waals surface area contributed by atoms with E-state index >= 15 is 0 Å². The lowest BCUT2D eigenvalue weighted by atomic mass is 9.74. The second kappa shape index (κ2) is 5.24. The van der Waals surface area contributed by atoms with E-state index in [4.69, 9.17) is 4.74 Å². The average molecular weight is 286 g/mol. The molecule has 0 radical (unpaired) electrons. The molecule has 0 bridgehead atoms. The Balaban J connectivity index is 2.77. The molecule has 0 aliphatic carbocycles. The third-order valence-corrected chi connectivity index (χ3v) is 4.23. The summed E-state index contributed by atoms with van der Waals surface area (Å²) in [7, 11) is 0. The van der Waals surface area contributed by atoms with Crippen LogP contribution >= 0.6 is 0 Å². The van der Waals surface area contributed by atoms with Crippen molar-refractivity contribution in [3.63, 3.8) is 0 Å². The Bertz CT molecular complexity index is 402. The zero-order valence-corrected chi connectivity index (χ0v) is 13.2. The Morgan fingerprint density at radius 2 is 1.80 bits per heavy atom. The van der Waals surface area contributed by atoms with Crippen LogP contribution in [0.5, 0.6) is 0 Å². The SMILES string of the molecule is CC1(C)CN(C(=O)NC(C)(C)C(C)(C)C(=O)O)CCO1. The van der Waals surface area contributed by atoms with Crippen molar-refractivity contribution in [3.8, 4) is 0 Å². The monoisotopic (exact) mass is 286 g/mol. The van der Waals surface area contributed by atoms with Crippen LogP contribution in [0.4, 0.5) is 4.79 Å². The van der Waals surface area contributed by atoms with Crippen LogP contribution in [0.2, 0.25) is 0 Å². The Kier molecular flexibility index (Phi) is 4.39. The van der Waals surface area contributed by atoms with E-state index in [0.717, 1.165) is 0 Å². The minimum atomic E-state index is -1.07. The maximum absolute atomic E-state index is 12.3. The molecule has 1 heterocycles. The van der Waals surface area contributed by atoms with Crippen molar-refractivity contribution in [2.75, 3.05) is 19.7 Å². The Labute approximate surface area is 120 Å². The minimum absolute atomic E-state index is 0.249. The van der Waals surface area contributed by atoms with Crippen molar-refractivity contribution in [2.24, 2.45) is 5.41 Å². The number of ether oxygens (including phenoxy) is 1. The number of nitrogens with one attached hydrogen (secondary N) is 1. The van der Waals surface area contributed by atoms with Gasteiger partial charge in [-0.25, -0.2) is 4.79 Å². The molecule has 0 aromatic carbocycles. The maximum Gasteiger partial charge on any atom is 0.318 e. The molecule has 1 aliphatic rings. The number of urea groups is 1. The lowest BCUT2D eigenvalue weighted by molar-refractivity contribution is -0.150. The highest BCUT2D eigenvalue weighted by atomic mass is 16.5. The zero-order valence-electron chi connectivity index (χ0n) is 13.2. The molecule has 1 rings (SSSR count). The molecule has 2 amide bonds. The first kappa shape index (κ1) is 16.8. The van der Waals surface area contributed by atoms with E-state index in [0.29, 0.717) is 19.7 Å². The summed E-state index contributed by atoms with van der Waals surface area (Å²) in [5.41, 5.74) is -2.30. The molecule has 20 heavy (non-hydrogen) atoms. The molecular weight excluding hydrogens is 260 g/mol. The topological polar surface area (TPSA) is 78.9 Å². The predicted molar refractivity (Wildman–Crippen MR) is 75.6 cm³/mol. The van der Waals surface area contributed by atoms with Crippen molar-refractivity contribution in [2.45, 2.75) is 52.7 Å². The molecule has 0 saturated carbocycles. The van der Waals surface area contributed by atoms with Gasteiger partial charge in [-0.05, 0) is 41.5 Å². The summed E-state index contributed by atoms with van der Waals surface area (Å²) < 4.78 is 5.57. The van der Waals surface area contributed by atoms with E-state index in [9.17, 15) is 14.7 Å². The van der Waals surface area contributed by atoms with E-state index in [-0.39, 0.29) is 11.6 Å². The van der Waals surface area contributed by atoms with Crippen LogP contribution in [0, 0.1) is 5.41 Å². The standard InChI is InChI=1S/C14H26N2O4/c1-12(2)9-16(7-8-20-12)11(19)15-14(5,6)13(3,4)10(17)18/h7-9H2,1-6H3,(H,15,19)(H,17,18). The molecule has 2 N–H and O–H groups in total. The van der Waals surface area contributed by atoms with E-state index in [1.54, 1.807) is 32.6 Å². The largest absolute Gasteiger partial charge is 0.481 e. The second-order valence-electron chi connectivity index (χ2n) is 7.02. The number of rotatable bonds is 3. The van der Waals surface area contributed by atoms with Crippen LogP contribution in [0.1, 0.15) is 41.5 Å². The molecule has 0 aromatic rings. The van der Waals surface area contributed by atoms with Gasteiger partial charge in [0.1, 0.15) is 0 Å². The summed E-state index contributed by atoms with van der Waals surface area (Å²) in [6.07, 6.45) is 0. The first-order valence-corrected chi connectivity index (χ1v) is 6.83. The highest BCUT2D eigenvalue weighted by molar-refractivity contribution is 5.79. The molecule has 0 atom stereocenters. The third kappa shape index (κ3) is 3.42. The molecule has 0 aromatic heterocycles. The van der Waals surface area contributed by atoms with E-state index in [2.05, 4.69) is 5.32 Å². The predicted octanol–water partition coefficient (Wildman–Crippen LogP) is 1.70. The number of carbonyl (C=O) groups is 2. The maximum atomic E-state index is 12.3. The normalized spacial score (nSPS) is 19.6. The number of nitrogens with zero attached hydrogens (tertiary/aromatic N) is 1. The van der Waals surface area contributed by atoms with E-state index in [1.807, 2.05) is 13.8 Å². The van der Waals surface area contributed by atoms with Crippen LogP contribution in [0.25, 0.3) is 0 Å². The lowest BCUT2D eigenvalue weighted by Gasteiger charge is -2.43. The summed E-state index contributed by atoms with van der Waals surface area (Å²) in [4.78, 5) is 25.4. The quantitative estimate of drug-likeness (QED) is 0.827. The van der Waals surface area contributed by atoms with Crippen LogP contribution in [0.15, 0.2) is 0 Å². The fourth-order valence-corrected chi connectivity index (χ4v) is 1.96. The number of hydrogen-bond donors (Lipinski definition) is 2. The molecule has 0 unspecified atom stereocenters. The van der Waals surface area contributed by atoms with E-state index in [1.165, 1.54) is 0 Å². The Hall–Kier alpha value is -1.30. The number of hydrogen-bond acceptors (Lipinski definition) is 3. The van der Waals surface area contributed by atoms with Gasteiger partial charge in [0.25, 0.3) is 0 Å². The van der Waals surface area contributed by atoms with Gasteiger partial charge in [0, 0.05) is 6.54 Å². The van der Waals surface area contributed by atoms with Gasteiger partial charge in [0.05, 0.1) is 29.7 Å². The van der Waals surface area contributed by atoms with E-state index < -0.39 is 16.9 Å². The van der Waals surface area contributed by atoms with Crippen LogP contribution in [-0.4, -0.2) is 52.8 Å². The highest BCUT2D eigenvalue weighted by Gasteiger charge is 2.45. The van der Waals surface area contributed by atoms with Crippen LogP contribution in [-0.2, 0) is 9.53 Å². The van der Waals surface area contributed by atoms with Gasteiger partial charge in [-0.15, -0.1) is 0 Å². The molecule has 1 saturated heterocycles. The number of aliphatic carboxylic acids is 1. The average Bonchev–Trinajstić information content (AvgIpc) is 2.26.